The fourth-order valence-corrected chi connectivity index (χ4v) is 3.81. The molecule has 1 aliphatic rings. The minimum absolute atomic E-state index is 0.474. The zero-order valence-electron chi connectivity index (χ0n) is 10.6. The summed E-state index contributed by atoms with van der Waals surface area (Å²) in [6.07, 6.45) is 2.60. The molecular weight excluding hydrogens is 252 g/mol. The van der Waals surface area contributed by atoms with Crippen LogP contribution in [-0.4, -0.2) is 30.6 Å². The van der Waals surface area contributed by atoms with E-state index in [2.05, 4.69) is 30.1 Å². The molecule has 1 aliphatic heterocycles. The quantitative estimate of drug-likeness (QED) is 0.902. The SMILES string of the molecule is CCN(C1CCCNC1)C(C)c1ccc(Cl)s1. The summed E-state index contributed by atoms with van der Waals surface area (Å²) in [6, 6.07) is 5.31. The lowest BCUT2D eigenvalue weighted by molar-refractivity contribution is 0.130. The molecule has 96 valence electrons. The van der Waals surface area contributed by atoms with E-state index in [4.69, 9.17) is 11.6 Å². The van der Waals surface area contributed by atoms with Gasteiger partial charge in [0.05, 0.1) is 4.34 Å². The highest BCUT2D eigenvalue weighted by Crippen LogP contribution is 2.32. The third-order valence-corrected chi connectivity index (χ3v) is 5.01. The molecule has 2 unspecified atom stereocenters. The van der Waals surface area contributed by atoms with Gasteiger partial charge in [0.15, 0.2) is 0 Å². The van der Waals surface area contributed by atoms with Crippen molar-refractivity contribution in [3.8, 4) is 0 Å². The van der Waals surface area contributed by atoms with Crippen LogP contribution < -0.4 is 5.32 Å². The van der Waals surface area contributed by atoms with Crippen molar-refractivity contribution in [3.63, 3.8) is 0 Å². The van der Waals surface area contributed by atoms with Gasteiger partial charge in [-0.15, -0.1) is 11.3 Å². The number of hydrogen-bond donors (Lipinski definition) is 1. The highest BCUT2D eigenvalue weighted by molar-refractivity contribution is 7.16. The van der Waals surface area contributed by atoms with Gasteiger partial charge in [-0.05, 0) is 45.0 Å². The summed E-state index contributed by atoms with van der Waals surface area (Å²) in [5.41, 5.74) is 0. The summed E-state index contributed by atoms with van der Waals surface area (Å²) in [7, 11) is 0. The molecule has 2 nitrogen and oxygen atoms in total. The maximum Gasteiger partial charge on any atom is 0.0931 e. The average Bonchev–Trinajstić information content (AvgIpc) is 2.78. The summed E-state index contributed by atoms with van der Waals surface area (Å²) < 4.78 is 0.893. The fraction of sp³-hybridized carbons (Fsp3) is 0.692. The first-order valence-electron chi connectivity index (χ1n) is 6.44. The van der Waals surface area contributed by atoms with Crippen LogP contribution in [-0.2, 0) is 0 Å². The van der Waals surface area contributed by atoms with Gasteiger partial charge in [-0.3, -0.25) is 4.90 Å². The van der Waals surface area contributed by atoms with Crippen molar-refractivity contribution in [2.75, 3.05) is 19.6 Å². The fourth-order valence-electron chi connectivity index (χ4n) is 2.68. The first kappa shape index (κ1) is 13.3. The molecule has 1 fully saturated rings. The average molecular weight is 273 g/mol. The van der Waals surface area contributed by atoms with Gasteiger partial charge in [-0.2, -0.15) is 0 Å². The van der Waals surface area contributed by atoms with E-state index in [1.54, 1.807) is 11.3 Å². The van der Waals surface area contributed by atoms with Gasteiger partial charge in [0.25, 0.3) is 0 Å². The Labute approximate surface area is 113 Å². The zero-order chi connectivity index (χ0) is 12.3. The molecule has 0 saturated carbocycles. The molecule has 0 aromatic carbocycles. The van der Waals surface area contributed by atoms with Gasteiger partial charge in [0, 0.05) is 23.5 Å². The highest BCUT2D eigenvalue weighted by Gasteiger charge is 2.25. The number of thiophene rings is 1. The first-order chi connectivity index (χ1) is 8.22. The molecule has 1 saturated heterocycles. The summed E-state index contributed by atoms with van der Waals surface area (Å²) in [5.74, 6) is 0. The molecule has 2 heterocycles. The van der Waals surface area contributed by atoms with Crippen molar-refractivity contribution in [2.45, 2.75) is 38.8 Å². The first-order valence-corrected chi connectivity index (χ1v) is 7.63. The Hall–Kier alpha value is -0.0900. The molecule has 0 bridgehead atoms. The minimum atomic E-state index is 0.474. The molecule has 0 amide bonds. The van der Waals surface area contributed by atoms with E-state index in [1.165, 1.54) is 24.3 Å². The van der Waals surface area contributed by atoms with E-state index in [9.17, 15) is 0 Å². The van der Waals surface area contributed by atoms with Crippen molar-refractivity contribution in [2.24, 2.45) is 0 Å². The number of hydrogen-bond acceptors (Lipinski definition) is 3. The highest BCUT2D eigenvalue weighted by atomic mass is 35.5. The second-order valence-electron chi connectivity index (χ2n) is 4.65. The van der Waals surface area contributed by atoms with Crippen LogP contribution in [0.4, 0.5) is 0 Å². The van der Waals surface area contributed by atoms with Crippen LogP contribution in [0, 0.1) is 0 Å². The van der Waals surface area contributed by atoms with Gasteiger partial charge >= 0.3 is 0 Å². The van der Waals surface area contributed by atoms with E-state index < -0.39 is 0 Å². The van der Waals surface area contributed by atoms with Crippen LogP contribution in [0.1, 0.15) is 37.6 Å². The zero-order valence-corrected chi connectivity index (χ0v) is 12.2. The number of piperidine rings is 1. The Kier molecular flexibility index (Phi) is 4.86. The smallest absolute Gasteiger partial charge is 0.0931 e. The normalized spacial score (nSPS) is 22.9. The number of halogens is 1. The molecule has 2 atom stereocenters. The molecule has 1 aromatic rings. The summed E-state index contributed by atoms with van der Waals surface area (Å²) in [6.45, 7) is 7.94. The van der Waals surface area contributed by atoms with Gasteiger partial charge in [-0.25, -0.2) is 0 Å². The van der Waals surface area contributed by atoms with Gasteiger partial charge in [0.1, 0.15) is 0 Å². The molecule has 4 heteroatoms. The molecule has 2 rings (SSSR count). The lowest BCUT2D eigenvalue weighted by atomic mass is 10.0. The maximum atomic E-state index is 6.03. The second-order valence-corrected chi connectivity index (χ2v) is 6.40. The van der Waals surface area contributed by atoms with Crippen molar-refractivity contribution >= 4 is 22.9 Å². The van der Waals surface area contributed by atoms with E-state index in [-0.39, 0.29) is 0 Å². The summed E-state index contributed by atoms with van der Waals surface area (Å²) in [4.78, 5) is 3.97. The van der Waals surface area contributed by atoms with E-state index >= 15 is 0 Å². The van der Waals surface area contributed by atoms with Crippen LogP contribution >= 0.6 is 22.9 Å². The lowest BCUT2D eigenvalue weighted by Gasteiger charge is -2.37. The minimum Gasteiger partial charge on any atom is -0.315 e. The van der Waals surface area contributed by atoms with Crippen LogP contribution in [0.2, 0.25) is 4.34 Å². The number of rotatable bonds is 4. The Balaban J connectivity index is 2.06. The topological polar surface area (TPSA) is 15.3 Å². The third-order valence-electron chi connectivity index (χ3n) is 3.61. The second kappa shape index (κ2) is 6.19. The van der Waals surface area contributed by atoms with Crippen LogP contribution in [0.25, 0.3) is 0 Å². The lowest BCUT2D eigenvalue weighted by Crippen LogP contribution is -2.46. The number of nitrogens with one attached hydrogen (secondary N) is 1. The largest absolute Gasteiger partial charge is 0.315 e. The van der Waals surface area contributed by atoms with Crippen LogP contribution in [0.15, 0.2) is 12.1 Å². The molecule has 1 N–H and O–H groups in total. The molecular formula is C13H21ClN2S. The van der Waals surface area contributed by atoms with Crippen LogP contribution in [0.3, 0.4) is 0 Å². The number of nitrogens with zero attached hydrogens (tertiary/aromatic N) is 1. The van der Waals surface area contributed by atoms with E-state index in [0.717, 1.165) is 17.4 Å². The van der Waals surface area contributed by atoms with Crippen molar-refractivity contribution < 1.29 is 0 Å². The Morgan fingerprint density at radius 2 is 2.41 bits per heavy atom. The number of likely N-dealkylation sites (N-methyl/N-ethyl adjacent to an activating group) is 1. The van der Waals surface area contributed by atoms with Gasteiger partial charge in [-0.1, -0.05) is 18.5 Å². The van der Waals surface area contributed by atoms with Crippen molar-refractivity contribution in [1.82, 2.24) is 10.2 Å². The van der Waals surface area contributed by atoms with Crippen molar-refractivity contribution in [1.29, 1.82) is 0 Å². The monoisotopic (exact) mass is 272 g/mol. The van der Waals surface area contributed by atoms with Crippen LogP contribution in [0.5, 0.6) is 0 Å². The Morgan fingerprint density at radius 1 is 1.59 bits per heavy atom. The summed E-state index contributed by atoms with van der Waals surface area (Å²) in [5, 5.41) is 3.50. The van der Waals surface area contributed by atoms with E-state index in [0.29, 0.717) is 12.1 Å². The third kappa shape index (κ3) is 3.22. The predicted molar refractivity (Wildman–Crippen MR) is 76.0 cm³/mol. The van der Waals surface area contributed by atoms with Crippen molar-refractivity contribution in [3.05, 3.63) is 21.3 Å². The molecule has 0 aliphatic carbocycles. The molecule has 1 aromatic heterocycles. The Morgan fingerprint density at radius 3 is 2.94 bits per heavy atom. The molecule has 0 radical (unpaired) electrons. The molecule has 0 spiro atoms. The summed E-state index contributed by atoms with van der Waals surface area (Å²) >= 11 is 7.73. The predicted octanol–water partition coefficient (Wildman–Crippen LogP) is 3.54. The van der Waals surface area contributed by atoms with Gasteiger partial charge in [0.2, 0.25) is 0 Å². The van der Waals surface area contributed by atoms with Gasteiger partial charge < -0.3 is 5.32 Å². The molecule has 17 heavy (non-hydrogen) atoms. The standard InChI is InChI=1S/C13H21ClN2S/c1-3-16(11-5-4-8-15-9-11)10(2)12-6-7-13(14)17-12/h6-7,10-11,15H,3-5,8-9H2,1-2H3. The maximum absolute atomic E-state index is 6.03. The Bertz CT molecular complexity index is 347. The van der Waals surface area contributed by atoms with E-state index in [1.807, 2.05) is 6.07 Å².